The van der Waals surface area contributed by atoms with E-state index in [-0.39, 0.29) is 37.2 Å². The van der Waals surface area contributed by atoms with Crippen LogP contribution in [0.25, 0.3) is 0 Å². The number of aromatic nitrogens is 2. The molecule has 0 aliphatic carbocycles. The quantitative estimate of drug-likeness (QED) is 0.675. The minimum absolute atomic E-state index is 0. The lowest BCUT2D eigenvalue weighted by atomic mass is 10.8. The van der Waals surface area contributed by atoms with Crippen molar-refractivity contribution in [2.24, 2.45) is 0 Å². The third-order valence-corrected chi connectivity index (χ3v) is 0.727. The summed E-state index contributed by atoms with van der Waals surface area (Å²) < 4.78 is 0. The molecule has 2 nitrogen and oxygen atoms in total. The number of rotatable bonds is 0. The Balaban J connectivity index is -0.000000163. The van der Waals surface area contributed by atoms with Crippen LogP contribution in [0, 0.1) is 0 Å². The van der Waals surface area contributed by atoms with E-state index in [0.717, 1.165) is 0 Å². The van der Waals surface area contributed by atoms with E-state index >= 15 is 0 Å². The fraction of sp³-hybridized carbons (Fsp3) is 0. The molecule has 1 heterocycles. The van der Waals surface area contributed by atoms with Crippen LogP contribution in [-0.4, -0.2) is 9.97 Å². The Morgan fingerprint density at radius 1 is 1.10 bits per heavy atom. The van der Waals surface area contributed by atoms with Gasteiger partial charge in [0.1, 0.15) is 5.15 Å². The zero-order valence-electron chi connectivity index (χ0n) is 4.73. The molecule has 0 atom stereocenters. The minimum atomic E-state index is 0. The minimum Gasteiger partial charge on any atom is -0.260 e. The van der Waals surface area contributed by atoms with Gasteiger partial charge in [-0.1, -0.05) is 11.6 Å². The lowest BCUT2D eigenvalue weighted by molar-refractivity contribution is 1.20. The first-order chi connectivity index (χ1) is 3.39. The van der Waals surface area contributed by atoms with Crippen LogP contribution in [0.4, 0.5) is 0 Å². The van der Waals surface area contributed by atoms with Gasteiger partial charge < -0.3 is 0 Å². The molecule has 1 aromatic rings. The van der Waals surface area contributed by atoms with Gasteiger partial charge in [0.05, 0.1) is 6.20 Å². The molecule has 0 aromatic carbocycles. The van der Waals surface area contributed by atoms with Crippen LogP contribution in [-0.2, 0) is 0 Å². The SMILES string of the molecule is Cl.Cl.Cl.Clc1cnccn1. The highest BCUT2D eigenvalue weighted by Crippen LogP contribution is 1.95. The summed E-state index contributed by atoms with van der Waals surface area (Å²) >= 11 is 5.37. The summed E-state index contributed by atoms with van der Waals surface area (Å²) in [6.45, 7) is 0. The highest BCUT2D eigenvalue weighted by atomic mass is 35.5. The van der Waals surface area contributed by atoms with Crippen molar-refractivity contribution >= 4 is 48.8 Å². The molecular weight excluding hydrogens is 218 g/mol. The Kier molecular flexibility index (Phi) is 15.4. The Morgan fingerprint density at radius 3 is 1.90 bits per heavy atom. The van der Waals surface area contributed by atoms with Gasteiger partial charge in [-0.15, -0.1) is 37.2 Å². The van der Waals surface area contributed by atoms with E-state index in [1.165, 1.54) is 6.20 Å². The second-order valence-electron chi connectivity index (χ2n) is 1.03. The van der Waals surface area contributed by atoms with E-state index in [1.54, 1.807) is 12.4 Å². The third-order valence-electron chi connectivity index (χ3n) is 0.532. The van der Waals surface area contributed by atoms with Crippen LogP contribution < -0.4 is 0 Å². The van der Waals surface area contributed by atoms with Crippen LogP contribution in [0.1, 0.15) is 0 Å². The molecule has 0 spiro atoms. The largest absolute Gasteiger partial charge is 0.260 e. The second-order valence-corrected chi connectivity index (χ2v) is 1.42. The highest BCUT2D eigenvalue weighted by Gasteiger charge is 1.77. The normalized spacial score (nSPS) is 6.10. The molecule has 60 valence electrons. The van der Waals surface area contributed by atoms with Crippen molar-refractivity contribution in [2.45, 2.75) is 0 Å². The molecule has 0 aliphatic heterocycles. The summed E-state index contributed by atoms with van der Waals surface area (Å²) in [5, 5.41) is 0.433. The molecule has 0 radical (unpaired) electrons. The number of halogens is 4. The van der Waals surface area contributed by atoms with Crippen molar-refractivity contribution in [1.29, 1.82) is 0 Å². The maximum Gasteiger partial charge on any atom is 0.147 e. The Bertz CT molecular complexity index is 145. The topological polar surface area (TPSA) is 25.8 Å². The maximum absolute atomic E-state index is 5.37. The van der Waals surface area contributed by atoms with Gasteiger partial charge in [-0.3, -0.25) is 4.98 Å². The first-order valence-corrected chi connectivity index (χ1v) is 2.19. The molecule has 0 unspecified atom stereocenters. The van der Waals surface area contributed by atoms with Gasteiger partial charge in [0.25, 0.3) is 0 Å². The van der Waals surface area contributed by atoms with Crippen LogP contribution in [0.5, 0.6) is 0 Å². The summed E-state index contributed by atoms with van der Waals surface area (Å²) in [5.41, 5.74) is 0. The van der Waals surface area contributed by atoms with Gasteiger partial charge in [-0.05, 0) is 0 Å². The van der Waals surface area contributed by atoms with Crippen molar-refractivity contribution in [1.82, 2.24) is 9.97 Å². The fourth-order valence-corrected chi connectivity index (χ4v) is 0.394. The first kappa shape index (κ1) is 16.7. The third kappa shape index (κ3) is 6.36. The molecule has 0 bridgehead atoms. The van der Waals surface area contributed by atoms with Crippen LogP contribution >= 0.6 is 48.8 Å². The summed E-state index contributed by atoms with van der Waals surface area (Å²) in [6, 6.07) is 0. The second kappa shape index (κ2) is 9.24. The van der Waals surface area contributed by atoms with Crippen molar-refractivity contribution in [3.63, 3.8) is 0 Å². The van der Waals surface area contributed by atoms with Gasteiger partial charge in [-0.2, -0.15) is 0 Å². The predicted molar refractivity (Wildman–Crippen MR) is 48.8 cm³/mol. The zero-order valence-corrected chi connectivity index (χ0v) is 7.93. The molecule has 10 heavy (non-hydrogen) atoms. The zero-order chi connectivity index (χ0) is 5.11. The molecule has 1 aromatic heterocycles. The smallest absolute Gasteiger partial charge is 0.147 e. The average molecular weight is 224 g/mol. The Labute approximate surface area is 82.6 Å². The average Bonchev–Trinajstić information content (AvgIpc) is 1.69. The van der Waals surface area contributed by atoms with E-state index in [4.69, 9.17) is 11.6 Å². The van der Waals surface area contributed by atoms with Gasteiger partial charge in [0, 0.05) is 12.4 Å². The van der Waals surface area contributed by atoms with E-state index in [0.29, 0.717) is 5.15 Å². The highest BCUT2D eigenvalue weighted by molar-refractivity contribution is 6.29. The molecule has 0 amide bonds. The standard InChI is InChI=1S/C4H3ClN2.3ClH/c5-4-3-6-1-2-7-4;;;/h1-3H;3*1H. The first-order valence-electron chi connectivity index (χ1n) is 1.81. The monoisotopic (exact) mass is 222 g/mol. The summed E-state index contributed by atoms with van der Waals surface area (Å²) in [4.78, 5) is 7.37. The summed E-state index contributed by atoms with van der Waals surface area (Å²) in [6.07, 6.45) is 4.61. The lowest BCUT2D eigenvalue weighted by Crippen LogP contribution is -1.71. The Hall–Kier alpha value is 0.240. The van der Waals surface area contributed by atoms with E-state index in [2.05, 4.69) is 9.97 Å². The maximum atomic E-state index is 5.37. The van der Waals surface area contributed by atoms with Gasteiger partial charge in [0.2, 0.25) is 0 Å². The van der Waals surface area contributed by atoms with E-state index < -0.39 is 0 Å². The molecule has 0 saturated carbocycles. The number of nitrogens with zero attached hydrogens (tertiary/aromatic N) is 2. The molecule has 1 rings (SSSR count). The molecule has 0 fully saturated rings. The summed E-state index contributed by atoms with van der Waals surface area (Å²) in [7, 11) is 0. The molecule has 0 aliphatic rings. The van der Waals surface area contributed by atoms with Gasteiger partial charge >= 0.3 is 0 Å². The van der Waals surface area contributed by atoms with Crippen LogP contribution in [0.15, 0.2) is 18.6 Å². The summed E-state index contributed by atoms with van der Waals surface area (Å²) in [5.74, 6) is 0. The van der Waals surface area contributed by atoms with Crippen molar-refractivity contribution < 1.29 is 0 Å². The molecular formula is C4H6Cl4N2. The lowest BCUT2D eigenvalue weighted by Gasteiger charge is -1.79. The van der Waals surface area contributed by atoms with Crippen molar-refractivity contribution in [2.75, 3.05) is 0 Å². The van der Waals surface area contributed by atoms with Gasteiger partial charge in [0.15, 0.2) is 0 Å². The van der Waals surface area contributed by atoms with Crippen molar-refractivity contribution in [3.8, 4) is 0 Å². The number of hydrogen-bond donors (Lipinski definition) is 0. The predicted octanol–water partition coefficient (Wildman–Crippen LogP) is 2.40. The molecule has 0 saturated heterocycles. The van der Waals surface area contributed by atoms with Crippen molar-refractivity contribution in [3.05, 3.63) is 23.7 Å². The van der Waals surface area contributed by atoms with E-state index in [9.17, 15) is 0 Å². The molecule has 6 heteroatoms. The van der Waals surface area contributed by atoms with Gasteiger partial charge in [-0.25, -0.2) is 4.98 Å². The molecule has 0 N–H and O–H groups in total. The van der Waals surface area contributed by atoms with E-state index in [1.807, 2.05) is 0 Å². The van der Waals surface area contributed by atoms with Crippen LogP contribution in [0.2, 0.25) is 5.15 Å². The number of hydrogen-bond acceptors (Lipinski definition) is 2. The fourth-order valence-electron chi connectivity index (χ4n) is 0.281. The Morgan fingerprint density at radius 2 is 1.70 bits per heavy atom. The van der Waals surface area contributed by atoms with Crippen LogP contribution in [0.3, 0.4) is 0 Å².